The van der Waals surface area contributed by atoms with Gasteiger partial charge in [0.2, 0.25) is 0 Å². The zero-order valence-corrected chi connectivity index (χ0v) is 15.8. The number of allylic oxidation sites excluding steroid dienone is 4. The van der Waals surface area contributed by atoms with Crippen molar-refractivity contribution in [3.05, 3.63) is 23.8 Å². The van der Waals surface area contributed by atoms with E-state index in [9.17, 15) is 30.0 Å². The second-order valence-electron chi connectivity index (χ2n) is 9.31. The molecule has 0 amide bonds. The molecule has 0 aromatic rings. The van der Waals surface area contributed by atoms with Gasteiger partial charge in [-0.2, -0.15) is 0 Å². The maximum Gasteiger partial charge on any atom is 0.192 e. The second kappa shape index (κ2) is 5.83. The summed E-state index contributed by atoms with van der Waals surface area (Å²) in [6, 6.07) is 0. The van der Waals surface area contributed by atoms with E-state index in [4.69, 9.17) is 0 Å². The van der Waals surface area contributed by atoms with Crippen LogP contribution in [0.25, 0.3) is 0 Å². The molecule has 6 nitrogen and oxygen atoms in total. The van der Waals surface area contributed by atoms with Crippen molar-refractivity contribution < 1.29 is 30.0 Å². The number of aliphatic hydroxyl groups is 4. The highest BCUT2D eigenvalue weighted by Crippen LogP contribution is 2.67. The van der Waals surface area contributed by atoms with Crippen molar-refractivity contribution in [3.63, 3.8) is 0 Å². The van der Waals surface area contributed by atoms with Gasteiger partial charge in [0.15, 0.2) is 17.2 Å². The molecule has 0 aromatic heterocycles. The van der Waals surface area contributed by atoms with Gasteiger partial charge in [0.1, 0.15) is 6.61 Å². The number of carbonyl (C=O) groups is 2. The molecule has 6 heteroatoms. The van der Waals surface area contributed by atoms with Crippen LogP contribution in [0.2, 0.25) is 0 Å². The molecular weight excluding hydrogens is 348 g/mol. The first kappa shape index (κ1) is 19.0. The molecular formula is C21H28O6. The summed E-state index contributed by atoms with van der Waals surface area (Å²) in [5, 5.41) is 42.3. The quantitative estimate of drug-likeness (QED) is 0.559. The standard InChI is InChI=1S/C21H28O6/c1-19-6-5-12(23)7-11(19)3-4-13-14-8-16(25)21(27,17(26)10-22)20(14,2)9-15(24)18(13)19/h5-7,13-16,18,22,24-25,27H,3-4,8-10H2,1-2H3/t13-,14-,15-,16?,18+,19-,20-,21+/m0/s1. The average molecular weight is 376 g/mol. The van der Waals surface area contributed by atoms with Crippen molar-refractivity contribution in [2.24, 2.45) is 28.6 Å². The first-order chi connectivity index (χ1) is 12.6. The lowest BCUT2D eigenvalue weighted by atomic mass is 9.46. The highest BCUT2D eigenvalue weighted by molar-refractivity contribution is 6.01. The molecule has 1 unspecified atom stereocenters. The molecule has 0 aliphatic heterocycles. The Morgan fingerprint density at radius 2 is 2.00 bits per heavy atom. The fourth-order valence-corrected chi connectivity index (χ4v) is 6.96. The largest absolute Gasteiger partial charge is 0.393 e. The van der Waals surface area contributed by atoms with Gasteiger partial charge >= 0.3 is 0 Å². The van der Waals surface area contributed by atoms with Crippen molar-refractivity contribution in [1.82, 2.24) is 0 Å². The van der Waals surface area contributed by atoms with Crippen molar-refractivity contribution in [2.45, 2.75) is 57.3 Å². The van der Waals surface area contributed by atoms with E-state index in [0.717, 1.165) is 18.4 Å². The Balaban J connectivity index is 1.78. The molecule has 0 spiro atoms. The molecule has 148 valence electrons. The molecule has 4 aliphatic carbocycles. The molecule has 27 heavy (non-hydrogen) atoms. The number of fused-ring (bicyclic) bond motifs is 5. The molecule has 0 heterocycles. The molecule has 0 radical (unpaired) electrons. The van der Waals surface area contributed by atoms with Gasteiger partial charge in [0.05, 0.1) is 12.2 Å². The van der Waals surface area contributed by atoms with Gasteiger partial charge in [-0.3, -0.25) is 9.59 Å². The summed E-state index contributed by atoms with van der Waals surface area (Å²) in [5.41, 5.74) is -2.46. The van der Waals surface area contributed by atoms with Crippen LogP contribution in [0.3, 0.4) is 0 Å². The van der Waals surface area contributed by atoms with Crippen molar-refractivity contribution in [3.8, 4) is 0 Å². The third-order valence-corrected chi connectivity index (χ3v) is 8.28. The summed E-state index contributed by atoms with van der Waals surface area (Å²) in [6.45, 7) is 2.96. The van der Waals surface area contributed by atoms with Gasteiger partial charge in [-0.05, 0) is 49.7 Å². The third-order valence-electron chi connectivity index (χ3n) is 8.28. The minimum absolute atomic E-state index is 0.00826. The van der Waals surface area contributed by atoms with Gasteiger partial charge in [-0.1, -0.05) is 25.5 Å². The lowest BCUT2D eigenvalue weighted by Gasteiger charge is -2.59. The minimum atomic E-state index is -2.05. The Labute approximate surface area is 158 Å². The molecule has 4 N–H and O–H groups in total. The van der Waals surface area contributed by atoms with Crippen molar-refractivity contribution in [2.75, 3.05) is 6.61 Å². The number of hydrogen-bond donors (Lipinski definition) is 4. The number of rotatable bonds is 2. The van der Waals surface area contributed by atoms with E-state index in [0.29, 0.717) is 0 Å². The number of carbonyl (C=O) groups excluding carboxylic acids is 2. The maximum atomic E-state index is 12.4. The van der Waals surface area contributed by atoms with Crippen LogP contribution in [0, 0.1) is 28.6 Å². The number of hydrogen-bond acceptors (Lipinski definition) is 6. The summed E-state index contributed by atoms with van der Waals surface area (Å²) in [5.74, 6) is -1.09. The molecule has 3 fully saturated rings. The predicted octanol–water partition coefficient (Wildman–Crippen LogP) is 0.528. The Bertz CT molecular complexity index is 756. The number of Topliss-reactive ketones (excluding diaryl/α,β-unsaturated/α-hetero) is 1. The molecule has 0 aromatic carbocycles. The van der Waals surface area contributed by atoms with Gasteiger partial charge in [0, 0.05) is 16.7 Å². The Morgan fingerprint density at radius 3 is 2.67 bits per heavy atom. The van der Waals surface area contributed by atoms with Gasteiger partial charge < -0.3 is 20.4 Å². The summed E-state index contributed by atoms with van der Waals surface area (Å²) in [4.78, 5) is 24.2. The van der Waals surface area contributed by atoms with Crippen LogP contribution in [0.15, 0.2) is 23.8 Å². The van der Waals surface area contributed by atoms with E-state index < -0.39 is 41.0 Å². The number of aliphatic hydroxyl groups excluding tert-OH is 3. The van der Waals surface area contributed by atoms with E-state index in [2.05, 4.69) is 0 Å². The van der Waals surface area contributed by atoms with E-state index >= 15 is 0 Å². The van der Waals surface area contributed by atoms with Crippen LogP contribution in [-0.4, -0.2) is 56.4 Å². The molecule has 0 bridgehead atoms. The van der Waals surface area contributed by atoms with Gasteiger partial charge in [-0.15, -0.1) is 0 Å². The van der Waals surface area contributed by atoms with E-state index in [1.807, 2.05) is 13.0 Å². The predicted molar refractivity (Wildman–Crippen MR) is 96.4 cm³/mol. The van der Waals surface area contributed by atoms with E-state index in [1.54, 1.807) is 19.1 Å². The monoisotopic (exact) mass is 376 g/mol. The highest BCUT2D eigenvalue weighted by atomic mass is 16.4. The first-order valence-electron chi connectivity index (χ1n) is 9.76. The first-order valence-corrected chi connectivity index (χ1v) is 9.76. The van der Waals surface area contributed by atoms with Crippen LogP contribution in [0.4, 0.5) is 0 Å². The minimum Gasteiger partial charge on any atom is -0.393 e. The van der Waals surface area contributed by atoms with Gasteiger partial charge in [-0.25, -0.2) is 0 Å². The summed E-state index contributed by atoms with van der Waals surface area (Å²) < 4.78 is 0. The molecule has 8 atom stereocenters. The molecule has 3 saturated carbocycles. The smallest absolute Gasteiger partial charge is 0.192 e. The maximum absolute atomic E-state index is 12.4. The highest BCUT2D eigenvalue weighted by Gasteiger charge is 2.71. The zero-order chi connectivity index (χ0) is 19.8. The molecule has 4 aliphatic rings. The number of ketones is 2. The fourth-order valence-electron chi connectivity index (χ4n) is 6.96. The Hall–Kier alpha value is -1.34. The Morgan fingerprint density at radius 1 is 1.30 bits per heavy atom. The van der Waals surface area contributed by atoms with E-state index in [-0.39, 0.29) is 36.4 Å². The van der Waals surface area contributed by atoms with Crippen LogP contribution in [0.1, 0.15) is 39.5 Å². The SMILES string of the molecule is C[C@]12C=CC(=O)C=C1CC[C@@H]1[C@@H]2[C@@H](O)C[C@@]2(C)[C@H]1CC(O)[C@@]2(O)C(=O)CO. The third kappa shape index (κ3) is 2.21. The lowest BCUT2D eigenvalue weighted by molar-refractivity contribution is -0.190. The zero-order valence-electron chi connectivity index (χ0n) is 15.8. The normalized spacial score (nSPS) is 51.3. The molecule has 0 saturated heterocycles. The van der Waals surface area contributed by atoms with Crippen LogP contribution < -0.4 is 0 Å². The topological polar surface area (TPSA) is 115 Å². The van der Waals surface area contributed by atoms with Crippen LogP contribution >= 0.6 is 0 Å². The van der Waals surface area contributed by atoms with Crippen molar-refractivity contribution in [1.29, 1.82) is 0 Å². The average Bonchev–Trinajstić information content (AvgIpc) is 2.82. The van der Waals surface area contributed by atoms with Crippen LogP contribution in [0.5, 0.6) is 0 Å². The summed E-state index contributed by atoms with van der Waals surface area (Å²) in [6.07, 6.45) is 4.97. The van der Waals surface area contributed by atoms with Crippen LogP contribution in [-0.2, 0) is 9.59 Å². The summed E-state index contributed by atoms with van der Waals surface area (Å²) >= 11 is 0. The summed E-state index contributed by atoms with van der Waals surface area (Å²) in [7, 11) is 0. The van der Waals surface area contributed by atoms with E-state index in [1.165, 1.54) is 0 Å². The molecule has 4 rings (SSSR count). The second-order valence-corrected chi connectivity index (χ2v) is 9.31. The fraction of sp³-hybridized carbons (Fsp3) is 0.714. The Kier molecular flexibility index (Phi) is 4.10. The van der Waals surface area contributed by atoms with Crippen molar-refractivity contribution >= 4 is 11.6 Å². The lowest BCUT2D eigenvalue weighted by Crippen LogP contribution is -2.63. The van der Waals surface area contributed by atoms with Gasteiger partial charge in [0.25, 0.3) is 0 Å².